The van der Waals surface area contributed by atoms with Crippen molar-refractivity contribution in [2.45, 2.75) is 33.2 Å². The Bertz CT molecular complexity index is 908. The largest absolute Gasteiger partial charge is 0.497 e. The molecule has 0 bridgehead atoms. The van der Waals surface area contributed by atoms with Crippen molar-refractivity contribution in [3.05, 3.63) is 53.6 Å². The number of aryl methyl sites for hydroxylation is 2. The maximum atomic E-state index is 12.9. The van der Waals surface area contributed by atoms with Crippen molar-refractivity contribution in [2.24, 2.45) is 0 Å². The Morgan fingerprint density at radius 1 is 1.11 bits per heavy atom. The molecule has 0 unspecified atom stereocenters. The number of methoxy groups -OCH3 is 1. The maximum Gasteiger partial charge on any atom is 0.248 e. The van der Waals surface area contributed by atoms with Crippen LogP contribution in [0.1, 0.15) is 24.5 Å². The van der Waals surface area contributed by atoms with E-state index in [-0.39, 0.29) is 5.91 Å². The van der Waals surface area contributed by atoms with Crippen LogP contribution in [-0.2, 0) is 14.8 Å². The molecule has 7 heteroatoms. The predicted octanol–water partition coefficient (Wildman–Crippen LogP) is 3.50. The zero-order chi connectivity index (χ0) is 20.2. The van der Waals surface area contributed by atoms with Gasteiger partial charge in [0.15, 0.2) is 0 Å². The van der Waals surface area contributed by atoms with Gasteiger partial charge >= 0.3 is 0 Å². The van der Waals surface area contributed by atoms with Gasteiger partial charge in [-0.3, -0.25) is 9.10 Å². The van der Waals surface area contributed by atoms with Crippen LogP contribution in [0.25, 0.3) is 0 Å². The SMILES string of the molecule is CC[C@@H](C(=O)Nc1ccc(OC)cc1)N(c1ccc(C)c(C)c1)S(C)(=O)=O. The van der Waals surface area contributed by atoms with Crippen molar-refractivity contribution in [1.82, 2.24) is 0 Å². The van der Waals surface area contributed by atoms with Crippen molar-refractivity contribution in [3.63, 3.8) is 0 Å². The second kappa shape index (κ2) is 8.43. The molecule has 146 valence electrons. The van der Waals surface area contributed by atoms with E-state index in [4.69, 9.17) is 4.74 Å². The minimum absolute atomic E-state index is 0.335. The molecule has 0 radical (unpaired) electrons. The first-order valence-electron chi connectivity index (χ1n) is 8.69. The quantitative estimate of drug-likeness (QED) is 0.785. The van der Waals surface area contributed by atoms with Crippen molar-refractivity contribution < 1.29 is 17.9 Å². The molecule has 0 aliphatic carbocycles. The van der Waals surface area contributed by atoms with Crippen LogP contribution >= 0.6 is 0 Å². The van der Waals surface area contributed by atoms with Crippen molar-refractivity contribution >= 4 is 27.3 Å². The van der Waals surface area contributed by atoms with Crippen LogP contribution in [0.4, 0.5) is 11.4 Å². The van der Waals surface area contributed by atoms with Gasteiger partial charge in [-0.2, -0.15) is 0 Å². The second-order valence-electron chi connectivity index (χ2n) is 6.47. The summed E-state index contributed by atoms with van der Waals surface area (Å²) in [7, 11) is -2.09. The van der Waals surface area contributed by atoms with Crippen LogP contribution in [0.3, 0.4) is 0 Å². The fourth-order valence-corrected chi connectivity index (χ4v) is 4.03. The summed E-state index contributed by atoms with van der Waals surface area (Å²) in [4.78, 5) is 12.9. The molecule has 1 N–H and O–H groups in total. The van der Waals surface area contributed by atoms with Gasteiger partial charge in [-0.1, -0.05) is 13.0 Å². The summed E-state index contributed by atoms with van der Waals surface area (Å²) in [6.07, 6.45) is 1.45. The fourth-order valence-electron chi connectivity index (χ4n) is 2.82. The third-order valence-corrected chi connectivity index (χ3v) is 5.61. The number of carbonyl (C=O) groups excluding carboxylic acids is 1. The lowest BCUT2D eigenvalue weighted by Crippen LogP contribution is -2.47. The van der Waals surface area contributed by atoms with Gasteiger partial charge in [-0.25, -0.2) is 8.42 Å². The molecule has 6 nitrogen and oxygen atoms in total. The lowest BCUT2D eigenvalue weighted by atomic mass is 10.1. The summed E-state index contributed by atoms with van der Waals surface area (Å²) in [6, 6.07) is 11.4. The second-order valence-corrected chi connectivity index (χ2v) is 8.33. The van der Waals surface area contributed by atoms with Crippen LogP contribution < -0.4 is 14.4 Å². The van der Waals surface area contributed by atoms with E-state index < -0.39 is 16.1 Å². The topological polar surface area (TPSA) is 75.7 Å². The van der Waals surface area contributed by atoms with Gasteiger partial charge in [0.2, 0.25) is 15.9 Å². The van der Waals surface area contributed by atoms with E-state index in [1.807, 2.05) is 19.9 Å². The molecule has 0 heterocycles. The third-order valence-electron chi connectivity index (χ3n) is 4.43. The number of nitrogens with zero attached hydrogens (tertiary/aromatic N) is 1. The van der Waals surface area contributed by atoms with Gasteiger partial charge in [0.25, 0.3) is 0 Å². The van der Waals surface area contributed by atoms with Crippen LogP contribution in [0.15, 0.2) is 42.5 Å². The summed E-state index contributed by atoms with van der Waals surface area (Å²) < 4.78 is 31.3. The zero-order valence-corrected chi connectivity index (χ0v) is 17.1. The minimum Gasteiger partial charge on any atom is -0.497 e. The van der Waals surface area contributed by atoms with Crippen molar-refractivity contribution in [2.75, 3.05) is 23.0 Å². The number of carbonyl (C=O) groups is 1. The maximum absolute atomic E-state index is 12.9. The fraction of sp³-hybridized carbons (Fsp3) is 0.350. The molecule has 0 spiro atoms. The van der Waals surface area contributed by atoms with Crippen molar-refractivity contribution in [1.29, 1.82) is 0 Å². The Labute approximate surface area is 161 Å². The highest BCUT2D eigenvalue weighted by molar-refractivity contribution is 7.92. The first-order valence-corrected chi connectivity index (χ1v) is 10.5. The zero-order valence-electron chi connectivity index (χ0n) is 16.3. The third kappa shape index (κ3) is 5.01. The predicted molar refractivity (Wildman–Crippen MR) is 109 cm³/mol. The van der Waals surface area contributed by atoms with Crippen LogP contribution in [-0.4, -0.2) is 33.7 Å². The van der Waals surface area contributed by atoms with E-state index >= 15 is 0 Å². The Balaban J connectivity index is 2.36. The number of rotatable bonds is 7. The highest BCUT2D eigenvalue weighted by Gasteiger charge is 2.31. The van der Waals surface area contributed by atoms with Gasteiger partial charge in [-0.15, -0.1) is 0 Å². The molecular weight excluding hydrogens is 364 g/mol. The van der Waals surface area contributed by atoms with Crippen LogP contribution in [0, 0.1) is 13.8 Å². The summed E-state index contributed by atoms with van der Waals surface area (Å²) >= 11 is 0. The highest BCUT2D eigenvalue weighted by atomic mass is 32.2. The van der Waals surface area contributed by atoms with E-state index in [9.17, 15) is 13.2 Å². The van der Waals surface area contributed by atoms with Gasteiger partial charge in [0.1, 0.15) is 11.8 Å². The number of amides is 1. The van der Waals surface area contributed by atoms with Gasteiger partial charge in [0.05, 0.1) is 19.1 Å². The summed E-state index contributed by atoms with van der Waals surface area (Å²) in [5.41, 5.74) is 3.08. The first-order chi connectivity index (χ1) is 12.7. The normalized spacial score (nSPS) is 12.3. The molecule has 0 saturated heterocycles. The number of nitrogens with one attached hydrogen (secondary N) is 1. The van der Waals surface area contributed by atoms with Gasteiger partial charge in [-0.05, 0) is 67.8 Å². The Morgan fingerprint density at radius 3 is 2.22 bits per heavy atom. The Kier molecular flexibility index (Phi) is 6.49. The Hall–Kier alpha value is -2.54. The Morgan fingerprint density at radius 2 is 1.74 bits per heavy atom. The molecule has 1 amide bonds. The highest BCUT2D eigenvalue weighted by Crippen LogP contribution is 2.26. The molecule has 27 heavy (non-hydrogen) atoms. The van der Waals surface area contributed by atoms with Crippen LogP contribution in [0.5, 0.6) is 5.75 Å². The smallest absolute Gasteiger partial charge is 0.248 e. The molecular formula is C20H26N2O4S. The molecule has 0 aromatic heterocycles. The first kappa shape index (κ1) is 20.8. The minimum atomic E-state index is -3.65. The number of hydrogen-bond acceptors (Lipinski definition) is 4. The van der Waals surface area contributed by atoms with E-state index in [0.29, 0.717) is 23.5 Å². The van der Waals surface area contributed by atoms with Gasteiger partial charge < -0.3 is 10.1 Å². The molecule has 1 atom stereocenters. The van der Waals surface area contributed by atoms with Crippen LogP contribution in [0.2, 0.25) is 0 Å². The van der Waals surface area contributed by atoms with E-state index in [1.165, 1.54) is 4.31 Å². The van der Waals surface area contributed by atoms with Gasteiger partial charge in [0, 0.05) is 5.69 Å². The molecule has 0 aliphatic rings. The molecule has 2 rings (SSSR count). The molecule has 2 aromatic rings. The average molecular weight is 391 g/mol. The monoisotopic (exact) mass is 390 g/mol. The molecule has 0 saturated carbocycles. The number of benzene rings is 2. The molecule has 0 aliphatic heterocycles. The number of ether oxygens (including phenoxy) is 1. The number of hydrogen-bond donors (Lipinski definition) is 1. The molecule has 2 aromatic carbocycles. The van der Waals surface area contributed by atoms with E-state index in [1.54, 1.807) is 50.4 Å². The standard InChI is InChI=1S/C20H26N2O4S/c1-6-19(20(23)21-16-8-11-18(26-4)12-9-16)22(27(5,24)25)17-10-7-14(2)15(3)13-17/h7-13,19H,6H2,1-5H3,(H,21,23)/t19-/m0/s1. The average Bonchev–Trinajstić information content (AvgIpc) is 2.61. The summed E-state index contributed by atoms with van der Waals surface area (Å²) in [6.45, 7) is 5.66. The number of sulfonamides is 1. The van der Waals surface area contributed by atoms with E-state index in [2.05, 4.69) is 5.32 Å². The summed E-state index contributed by atoms with van der Waals surface area (Å²) in [5.74, 6) is 0.291. The summed E-state index contributed by atoms with van der Waals surface area (Å²) in [5, 5.41) is 2.79. The lowest BCUT2D eigenvalue weighted by molar-refractivity contribution is -0.117. The lowest BCUT2D eigenvalue weighted by Gasteiger charge is -2.30. The number of anilines is 2. The molecule has 0 fully saturated rings. The van der Waals surface area contributed by atoms with Crippen molar-refractivity contribution in [3.8, 4) is 5.75 Å². The van der Waals surface area contributed by atoms with E-state index in [0.717, 1.165) is 17.4 Å².